The Labute approximate surface area is 176 Å². The van der Waals surface area contributed by atoms with Crippen LogP contribution in [0.4, 0.5) is 10.3 Å². The van der Waals surface area contributed by atoms with E-state index in [-0.39, 0.29) is 11.5 Å². The van der Waals surface area contributed by atoms with Crippen LogP contribution < -0.4 is 16.7 Å². The topological polar surface area (TPSA) is 97.1 Å². The maximum atomic E-state index is 13.1. The first-order valence-electron chi connectivity index (χ1n) is 9.81. The lowest BCUT2D eigenvalue weighted by atomic mass is 10.1. The lowest BCUT2D eigenvalue weighted by molar-refractivity contribution is 0.628. The molecule has 2 N–H and O–H groups in total. The van der Waals surface area contributed by atoms with Gasteiger partial charge in [0, 0.05) is 13.6 Å². The normalized spacial score (nSPS) is 11.4. The number of benzene rings is 2. The van der Waals surface area contributed by atoms with Gasteiger partial charge in [0.1, 0.15) is 5.82 Å². The zero-order valence-corrected chi connectivity index (χ0v) is 16.9. The maximum Gasteiger partial charge on any atom is 0.329 e. The second kappa shape index (κ2) is 8.78. The Kier molecular flexibility index (Phi) is 5.74. The van der Waals surface area contributed by atoms with Crippen LogP contribution in [0.2, 0.25) is 0 Å². The van der Waals surface area contributed by atoms with E-state index in [1.807, 2.05) is 18.2 Å². The van der Waals surface area contributed by atoms with E-state index in [4.69, 9.17) is 0 Å². The van der Waals surface area contributed by atoms with Crippen molar-refractivity contribution in [3.05, 3.63) is 92.4 Å². The lowest BCUT2D eigenvalue weighted by Crippen LogP contribution is -2.29. The average Bonchev–Trinajstić information content (AvgIpc) is 3.13. The summed E-state index contributed by atoms with van der Waals surface area (Å²) in [6.45, 7) is 0.501. The molecule has 0 spiro atoms. The van der Waals surface area contributed by atoms with Gasteiger partial charge in [0.05, 0.1) is 6.21 Å². The first kappa shape index (κ1) is 20.3. The highest BCUT2D eigenvalue weighted by molar-refractivity contribution is 5.80. The van der Waals surface area contributed by atoms with Crippen molar-refractivity contribution in [3.63, 3.8) is 0 Å². The Morgan fingerprint density at radius 3 is 2.61 bits per heavy atom. The molecule has 0 saturated heterocycles. The molecule has 0 saturated carbocycles. The number of halogens is 1. The van der Waals surface area contributed by atoms with E-state index in [1.165, 1.54) is 28.5 Å². The molecule has 0 aliphatic rings. The summed E-state index contributed by atoms with van der Waals surface area (Å²) in [7, 11) is 1.55. The van der Waals surface area contributed by atoms with Crippen LogP contribution in [-0.4, -0.2) is 25.3 Å². The molecule has 2 aromatic heterocycles. The second-order valence-electron chi connectivity index (χ2n) is 7.09. The number of rotatable bonds is 7. The number of hydrogen-bond acceptors (Lipinski definition) is 5. The number of aromatic nitrogens is 4. The van der Waals surface area contributed by atoms with Gasteiger partial charge in [-0.2, -0.15) is 10.1 Å². The third kappa shape index (κ3) is 4.45. The van der Waals surface area contributed by atoms with Crippen molar-refractivity contribution in [3.8, 4) is 0 Å². The number of hydrazone groups is 1. The van der Waals surface area contributed by atoms with E-state index in [2.05, 4.69) is 32.6 Å². The molecule has 0 atom stereocenters. The molecule has 2 aromatic carbocycles. The summed E-state index contributed by atoms with van der Waals surface area (Å²) in [4.78, 5) is 31.2. The standard InChI is InChI=1S/C22H21FN6O2/c1-28-19-18(20(30)26-22(28)31)29(13-5-8-15-6-3-2-4-7-15)21(25-19)27-24-14-16-9-11-17(23)12-10-16/h2-4,6-7,9-12,14H,5,8,13H2,1H3,(H,25,27)(H,26,30,31). The van der Waals surface area contributed by atoms with Crippen LogP contribution in [-0.2, 0) is 20.0 Å². The number of aryl methyl sites for hydroxylation is 3. The first-order chi connectivity index (χ1) is 15.0. The number of nitrogens with one attached hydrogen (secondary N) is 2. The summed E-state index contributed by atoms with van der Waals surface area (Å²) in [5, 5.41) is 4.17. The minimum atomic E-state index is -0.534. The van der Waals surface area contributed by atoms with Gasteiger partial charge in [0.2, 0.25) is 5.95 Å². The minimum absolute atomic E-state index is 0.271. The summed E-state index contributed by atoms with van der Waals surface area (Å²) in [6, 6.07) is 15.9. The van der Waals surface area contributed by atoms with Crippen molar-refractivity contribution >= 4 is 23.3 Å². The summed E-state index contributed by atoms with van der Waals surface area (Å²) >= 11 is 0. The zero-order valence-electron chi connectivity index (χ0n) is 16.9. The van der Waals surface area contributed by atoms with Crippen molar-refractivity contribution in [1.82, 2.24) is 19.1 Å². The van der Waals surface area contributed by atoms with E-state index in [0.29, 0.717) is 23.6 Å². The molecule has 9 heteroatoms. The van der Waals surface area contributed by atoms with Crippen molar-refractivity contribution in [2.45, 2.75) is 19.4 Å². The molecule has 2 heterocycles. The number of nitrogens with zero attached hydrogens (tertiary/aromatic N) is 4. The van der Waals surface area contributed by atoms with E-state index in [9.17, 15) is 14.0 Å². The van der Waals surface area contributed by atoms with Crippen LogP contribution in [0.25, 0.3) is 11.2 Å². The summed E-state index contributed by atoms with van der Waals surface area (Å²) in [6.07, 6.45) is 3.10. The van der Waals surface area contributed by atoms with E-state index in [0.717, 1.165) is 12.8 Å². The van der Waals surface area contributed by atoms with Gasteiger partial charge in [-0.25, -0.2) is 14.6 Å². The van der Waals surface area contributed by atoms with Crippen LogP contribution >= 0.6 is 0 Å². The van der Waals surface area contributed by atoms with Gasteiger partial charge in [0.25, 0.3) is 5.56 Å². The second-order valence-corrected chi connectivity index (χ2v) is 7.09. The zero-order chi connectivity index (χ0) is 21.8. The van der Waals surface area contributed by atoms with Gasteiger partial charge < -0.3 is 4.57 Å². The quantitative estimate of drug-likeness (QED) is 0.355. The Hall–Kier alpha value is -4.01. The Bertz CT molecular complexity index is 1340. The van der Waals surface area contributed by atoms with Crippen molar-refractivity contribution in [2.24, 2.45) is 12.1 Å². The Morgan fingerprint density at radius 2 is 1.87 bits per heavy atom. The van der Waals surface area contributed by atoms with Crippen LogP contribution in [0, 0.1) is 5.82 Å². The van der Waals surface area contributed by atoms with Crippen LogP contribution in [0.1, 0.15) is 17.5 Å². The molecule has 4 aromatic rings. The predicted molar refractivity (Wildman–Crippen MR) is 118 cm³/mol. The van der Waals surface area contributed by atoms with Gasteiger partial charge in [-0.15, -0.1) is 0 Å². The molecule has 31 heavy (non-hydrogen) atoms. The van der Waals surface area contributed by atoms with Crippen molar-refractivity contribution in [2.75, 3.05) is 5.43 Å². The highest BCUT2D eigenvalue weighted by Crippen LogP contribution is 2.17. The Morgan fingerprint density at radius 1 is 1.13 bits per heavy atom. The fourth-order valence-electron chi connectivity index (χ4n) is 3.34. The summed E-state index contributed by atoms with van der Waals surface area (Å²) in [5.41, 5.74) is 4.28. The van der Waals surface area contributed by atoms with Crippen molar-refractivity contribution < 1.29 is 4.39 Å². The van der Waals surface area contributed by atoms with Gasteiger partial charge in [-0.05, 0) is 36.1 Å². The molecule has 8 nitrogen and oxygen atoms in total. The average molecular weight is 420 g/mol. The fraction of sp³-hybridized carbons (Fsp3) is 0.182. The Balaban J connectivity index is 1.64. The van der Waals surface area contributed by atoms with Gasteiger partial charge in [-0.1, -0.05) is 42.5 Å². The molecule has 0 unspecified atom stereocenters. The number of fused-ring (bicyclic) bond motifs is 1. The molecule has 0 aliphatic carbocycles. The number of H-pyrrole nitrogens is 1. The molecular formula is C22H21FN6O2. The third-order valence-electron chi connectivity index (χ3n) is 4.95. The molecule has 158 valence electrons. The van der Waals surface area contributed by atoms with E-state index >= 15 is 0 Å². The molecular weight excluding hydrogens is 399 g/mol. The highest BCUT2D eigenvalue weighted by atomic mass is 19.1. The fourth-order valence-corrected chi connectivity index (χ4v) is 3.34. The van der Waals surface area contributed by atoms with E-state index in [1.54, 1.807) is 23.7 Å². The van der Waals surface area contributed by atoms with E-state index < -0.39 is 11.2 Å². The number of anilines is 1. The monoisotopic (exact) mass is 420 g/mol. The number of imidazole rings is 1. The first-order valence-corrected chi connectivity index (χ1v) is 9.81. The maximum absolute atomic E-state index is 13.1. The van der Waals surface area contributed by atoms with Gasteiger partial charge >= 0.3 is 5.69 Å². The van der Waals surface area contributed by atoms with Crippen LogP contribution in [0.5, 0.6) is 0 Å². The molecule has 0 radical (unpaired) electrons. The molecule has 4 rings (SSSR count). The number of aromatic amines is 1. The lowest BCUT2D eigenvalue weighted by Gasteiger charge is -2.08. The molecule has 0 fully saturated rings. The molecule has 0 aliphatic heterocycles. The third-order valence-corrected chi connectivity index (χ3v) is 4.95. The van der Waals surface area contributed by atoms with Crippen LogP contribution in [0.15, 0.2) is 69.3 Å². The smallest absolute Gasteiger partial charge is 0.303 e. The highest BCUT2D eigenvalue weighted by Gasteiger charge is 2.17. The van der Waals surface area contributed by atoms with Crippen molar-refractivity contribution in [1.29, 1.82) is 0 Å². The summed E-state index contributed by atoms with van der Waals surface area (Å²) in [5.74, 6) is 0.0126. The summed E-state index contributed by atoms with van der Waals surface area (Å²) < 4.78 is 16.1. The minimum Gasteiger partial charge on any atom is -0.303 e. The largest absolute Gasteiger partial charge is 0.329 e. The SMILES string of the molecule is Cn1c(=O)[nH]c(=O)c2c1nc(NN=Cc1ccc(F)cc1)n2CCCc1ccccc1. The molecule has 0 bridgehead atoms. The van der Waals surface area contributed by atoms with Gasteiger partial charge in [-0.3, -0.25) is 14.3 Å². The molecule has 0 amide bonds. The predicted octanol–water partition coefficient (Wildman–Crippen LogP) is 2.64. The van der Waals surface area contributed by atoms with Crippen LogP contribution in [0.3, 0.4) is 0 Å². The number of hydrogen-bond donors (Lipinski definition) is 2. The van der Waals surface area contributed by atoms with Gasteiger partial charge in [0.15, 0.2) is 11.2 Å².